The van der Waals surface area contributed by atoms with Crippen molar-refractivity contribution in [1.29, 1.82) is 0 Å². The van der Waals surface area contributed by atoms with E-state index in [2.05, 4.69) is 17.3 Å². The number of likely N-dealkylation sites (N-methyl/N-ethyl adjacent to an activating group) is 1. The van der Waals surface area contributed by atoms with Crippen molar-refractivity contribution < 1.29 is 4.74 Å². The smallest absolute Gasteiger partial charge is 0.0708 e. The zero-order valence-electron chi connectivity index (χ0n) is 13.9. The summed E-state index contributed by atoms with van der Waals surface area (Å²) in [6, 6.07) is 0.847. The normalized spacial score (nSPS) is 29.7. The number of nitrogens with one attached hydrogen (secondary N) is 1. The minimum atomic E-state index is 0.283. The molecule has 3 rings (SSSR count). The largest absolute Gasteiger partial charge is 0.370 e. The first-order chi connectivity index (χ1) is 10.3. The van der Waals surface area contributed by atoms with Gasteiger partial charge in [-0.25, -0.2) is 0 Å². The Balaban J connectivity index is 1.29. The van der Waals surface area contributed by atoms with E-state index in [1.54, 1.807) is 0 Å². The number of rotatable bonds is 6. The van der Waals surface area contributed by atoms with Crippen LogP contribution in [0.25, 0.3) is 0 Å². The fourth-order valence-electron chi connectivity index (χ4n) is 4.65. The fraction of sp³-hybridized carbons (Fsp3) is 1.00. The zero-order valence-corrected chi connectivity index (χ0v) is 13.9. The van der Waals surface area contributed by atoms with Gasteiger partial charge in [-0.15, -0.1) is 0 Å². The average molecular weight is 294 g/mol. The third kappa shape index (κ3) is 4.20. The molecule has 1 unspecified atom stereocenters. The lowest BCUT2D eigenvalue weighted by atomic mass is 9.83. The van der Waals surface area contributed by atoms with Gasteiger partial charge in [-0.3, -0.25) is 0 Å². The maximum Gasteiger partial charge on any atom is 0.0708 e. The van der Waals surface area contributed by atoms with Crippen molar-refractivity contribution in [1.82, 2.24) is 10.2 Å². The third-order valence-electron chi connectivity index (χ3n) is 6.06. The second-order valence-electron chi connectivity index (χ2n) is 7.65. The van der Waals surface area contributed by atoms with Crippen molar-refractivity contribution >= 4 is 0 Å². The summed E-state index contributed by atoms with van der Waals surface area (Å²) in [7, 11) is 2.29. The van der Waals surface area contributed by atoms with Gasteiger partial charge < -0.3 is 15.0 Å². The molecule has 122 valence electrons. The first-order valence-corrected chi connectivity index (χ1v) is 9.36. The van der Waals surface area contributed by atoms with Crippen LogP contribution in [-0.4, -0.2) is 49.3 Å². The Morgan fingerprint density at radius 2 is 1.76 bits per heavy atom. The first kappa shape index (κ1) is 15.8. The van der Waals surface area contributed by atoms with Crippen LogP contribution >= 0.6 is 0 Å². The van der Waals surface area contributed by atoms with Crippen molar-refractivity contribution in [3.05, 3.63) is 0 Å². The standard InChI is InChI=1S/C18H34N2O/c1-20(16-7-3-4-8-16)14-13-19-15-17-9-12-18(21-17)10-5-2-6-11-18/h16-17,19H,2-15H2,1H3. The van der Waals surface area contributed by atoms with Crippen LogP contribution in [0.3, 0.4) is 0 Å². The van der Waals surface area contributed by atoms with Crippen molar-refractivity contribution in [3.8, 4) is 0 Å². The Morgan fingerprint density at radius 1 is 1.00 bits per heavy atom. The van der Waals surface area contributed by atoms with Crippen LogP contribution in [-0.2, 0) is 4.74 Å². The minimum Gasteiger partial charge on any atom is -0.370 e. The van der Waals surface area contributed by atoms with Crippen LogP contribution in [0, 0.1) is 0 Å². The molecular weight excluding hydrogens is 260 g/mol. The molecule has 0 amide bonds. The molecule has 1 aliphatic heterocycles. The Labute approximate surface area is 130 Å². The van der Waals surface area contributed by atoms with E-state index in [9.17, 15) is 0 Å². The summed E-state index contributed by atoms with van der Waals surface area (Å²) in [4.78, 5) is 2.55. The predicted molar refractivity (Wildman–Crippen MR) is 87.7 cm³/mol. The molecule has 3 aliphatic rings. The van der Waals surface area contributed by atoms with Gasteiger partial charge in [0, 0.05) is 25.7 Å². The second-order valence-corrected chi connectivity index (χ2v) is 7.65. The van der Waals surface area contributed by atoms with Gasteiger partial charge in [0.15, 0.2) is 0 Å². The molecule has 0 aromatic carbocycles. The van der Waals surface area contributed by atoms with E-state index in [0.717, 1.165) is 19.1 Å². The van der Waals surface area contributed by atoms with E-state index in [1.165, 1.54) is 77.2 Å². The maximum atomic E-state index is 6.42. The molecule has 3 nitrogen and oxygen atoms in total. The lowest BCUT2D eigenvalue weighted by molar-refractivity contribution is -0.0623. The zero-order chi connectivity index (χ0) is 14.5. The molecule has 2 saturated carbocycles. The van der Waals surface area contributed by atoms with Gasteiger partial charge in [0.2, 0.25) is 0 Å². The molecule has 3 heteroatoms. The van der Waals surface area contributed by atoms with E-state index in [-0.39, 0.29) is 5.60 Å². The topological polar surface area (TPSA) is 24.5 Å². The molecule has 1 saturated heterocycles. The highest BCUT2D eigenvalue weighted by Gasteiger charge is 2.40. The summed E-state index contributed by atoms with van der Waals surface area (Å²) in [5.41, 5.74) is 0.283. The van der Waals surface area contributed by atoms with E-state index in [1.807, 2.05) is 0 Å². The van der Waals surface area contributed by atoms with Crippen LogP contribution in [0.15, 0.2) is 0 Å². The summed E-state index contributed by atoms with van der Waals surface area (Å²) in [6.07, 6.45) is 15.5. The Hall–Kier alpha value is -0.120. The average Bonchev–Trinajstić information content (AvgIpc) is 3.15. The summed E-state index contributed by atoms with van der Waals surface area (Å²) in [5.74, 6) is 0. The molecule has 0 aromatic rings. The number of nitrogens with zero attached hydrogens (tertiary/aromatic N) is 1. The molecule has 1 heterocycles. The molecule has 3 fully saturated rings. The molecule has 1 atom stereocenters. The molecule has 1 N–H and O–H groups in total. The summed E-state index contributed by atoms with van der Waals surface area (Å²) in [5, 5.41) is 3.64. The second kappa shape index (κ2) is 7.43. The Bertz CT molecular complexity index is 308. The van der Waals surface area contributed by atoms with E-state index < -0.39 is 0 Å². The van der Waals surface area contributed by atoms with Gasteiger partial charge >= 0.3 is 0 Å². The minimum absolute atomic E-state index is 0.283. The fourth-order valence-corrected chi connectivity index (χ4v) is 4.65. The quantitative estimate of drug-likeness (QED) is 0.761. The molecular formula is C18H34N2O. The molecule has 0 bridgehead atoms. The molecule has 0 radical (unpaired) electrons. The van der Waals surface area contributed by atoms with Gasteiger partial charge in [-0.1, -0.05) is 32.1 Å². The molecule has 0 aromatic heterocycles. The van der Waals surface area contributed by atoms with Crippen molar-refractivity contribution in [3.63, 3.8) is 0 Å². The predicted octanol–water partition coefficient (Wildman–Crippen LogP) is 3.33. The monoisotopic (exact) mass is 294 g/mol. The van der Waals surface area contributed by atoms with Crippen LogP contribution in [0.2, 0.25) is 0 Å². The van der Waals surface area contributed by atoms with E-state index in [0.29, 0.717) is 6.10 Å². The Kier molecular flexibility index (Phi) is 5.58. The number of ether oxygens (including phenoxy) is 1. The van der Waals surface area contributed by atoms with Crippen LogP contribution in [0.1, 0.15) is 70.6 Å². The maximum absolute atomic E-state index is 6.42. The van der Waals surface area contributed by atoms with Crippen molar-refractivity contribution in [2.75, 3.05) is 26.7 Å². The summed E-state index contributed by atoms with van der Waals surface area (Å²) >= 11 is 0. The van der Waals surface area contributed by atoms with Crippen molar-refractivity contribution in [2.24, 2.45) is 0 Å². The SMILES string of the molecule is CN(CCNCC1CCC2(CCCCC2)O1)C1CCCC1. The van der Waals surface area contributed by atoms with Crippen LogP contribution in [0.5, 0.6) is 0 Å². The number of hydrogen-bond acceptors (Lipinski definition) is 3. The van der Waals surface area contributed by atoms with Gasteiger partial charge in [0.1, 0.15) is 0 Å². The highest BCUT2D eigenvalue weighted by atomic mass is 16.5. The number of hydrogen-bond donors (Lipinski definition) is 1. The molecule has 2 aliphatic carbocycles. The van der Waals surface area contributed by atoms with Crippen LogP contribution < -0.4 is 5.32 Å². The van der Waals surface area contributed by atoms with Gasteiger partial charge in [0.25, 0.3) is 0 Å². The molecule has 21 heavy (non-hydrogen) atoms. The highest BCUT2D eigenvalue weighted by Crippen LogP contribution is 2.41. The van der Waals surface area contributed by atoms with Crippen LogP contribution in [0.4, 0.5) is 0 Å². The Morgan fingerprint density at radius 3 is 2.52 bits per heavy atom. The lowest BCUT2D eigenvalue weighted by Gasteiger charge is -2.33. The summed E-state index contributed by atoms with van der Waals surface area (Å²) < 4.78 is 6.42. The third-order valence-corrected chi connectivity index (χ3v) is 6.06. The van der Waals surface area contributed by atoms with Gasteiger partial charge in [-0.2, -0.15) is 0 Å². The van der Waals surface area contributed by atoms with E-state index >= 15 is 0 Å². The first-order valence-electron chi connectivity index (χ1n) is 9.36. The highest BCUT2D eigenvalue weighted by molar-refractivity contribution is 4.91. The van der Waals surface area contributed by atoms with Gasteiger partial charge in [-0.05, 0) is 45.6 Å². The van der Waals surface area contributed by atoms with Crippen molar-refractivity contribution in [2.45, 2.75) is 88.4 Å². The van der Waals surface area contributed by atoms with E-state index in [4.69, 9.17) is 4.74 Å². The lowest BCUT2D eigenvalue weighted by Crippen LogP contribution is -2.38. The van der Waals surface area contributed by atoms with Gasteiger partial charge in [0.05, 0.1) is 11.7 Å². The molecule has 1 spiro atoms. The summed E-state index contributed by atoms with van der Waals surface area (Å²) in [6.45, 7) is 3.35.